The van der Waals surface area contributed by atoms with Gasteiger partial charge in [-0.15, -0.1) is 0 Å². The van der Waals surface area contributed by atoms with Gasteiger partial charge in [0.1, 0.15) is 0 Å². The Labute approximate surface area is 139 Å². The van der Waals surface area contributed by atoms with Crippen molar-refractivity contribution in [3.8, 4) is 11.4 Å². The average molecular weight is 342 g/mol. The molecule has 5 nitrogen and oxygen atoms in total. The lowest BCUT2D eigenvalue weighted by Gasteiger charge is -2.26. The molecule has 0 amide bonds. The fourth-order valence-electron chi connectivity index (χ4n) is 2.42. The van der Waals surface area contributed by atoms with Crippen molar-refractivity contribution in [2.75, 3.05) is 32.8 Å². The zero-order chi connectivity index (χ0) is 15.4. The molecule has 3 rings (SSSR count). The van der Waals surface area contributed by atoms with E-state index in [0.717, 1.165) is 45.7 Å². The van der Waals surface area contributed by atoms with Gasteiger partial charge in [0, 0.05) is 25.1 Å². The van der Waals surface area contributed by atoms with Crippen molar-refractivity contribution in [1.29, 1.82) is 0 Å². The van der Waals surface area contributed by atoms with Gasteiger partial charge in [-0.2, -0.15) is 4.98 Å². The summed E-state index contributed by atoms with van der Waals surface area (Å²) in [5, 5.41) is 4.92. The van der Waals surface area contributed by atoms with Crippen LogP contribution in [0.4, 0.5) is 0 Å². The van der Waals surface area contributed by atoms with E-state index in [2.05, 4.69) is 15.0 Å². The van der Waals surface area contributed by atoms with Gasteiger partial charge in [-0.25, -0.2) is 0 Å². The van der Waals surface area contributed by atoms with Crippen LogP contribution in [0.5, 0.6) is 0 Å². The minimum absolute atomic E-state index is 0.449. The Balaban J connectivity index is 1.58. The van der Waals surface area contributed by atoms with E-state index >= 15 is 0 Å². The average Bonchev–Trinajstić information content (AvgIpc) is 3.00. The van der Waals surface area contributed by atoms with Gasteiger partial charge in [-0.3, -0.25) is 4.90 Å². The van der Waals surface area contributed by atoms with Crippen molar-refractivity contribution >= 4 is 23.2 Å². The number of aromatic nitrogens is 2. The van der Waals surface area contributed by atoms with Gasteiger partial charge in [0.2, 0.25) is 11.7 Å². The number of ether oxygens (including phenoxy) is 1. The number of nitrogens with zero attached hydrogens (tertiary/aromatic N) is 3. The van der Waals surface area contributed by atoms with Crippen molar-refractivity contribution in [1.82, 2.24) is 15.0 Å². The number of halogens is 2. The molecule has 0 atom stereocenters. The first-order valence-electron chi connectivity index (χ1n) is 7.31. The lowest BCUT2D eigenvalue weighted by Crippen LogP contribution is -2.36. The van der Waals surface area contributed by atoms with Crippen LogP contribution in [0.15, 0.2) is 22.7 Å². The number of hydrogen-bond acceptors (Lipinski definition) is 5. The molecule has 1 aromatic heterocycles. The maximum Gasteiger partial charge on any atom is 0.227 e. The van der Waals surface area contributed by atoms with Gasteiger partial charge in [-0.05, 0) is 25.1 Å². The molecule has 1 aliphatic rings. The third-order valence-corrected chi connectivity index (χ3v) is 4.45. The molecule has 0 radical (unpaired) electrons. The summed E-state index contributed by atoms with van der Waals surface area (Å²) in [6.45, 7) is 4.63. The number of aryl methyl sites for hydroxylation is 1. The molecule has 0 saturated carbocycles. The third-order valence-electron chi connectivity index (χ3n) is 3.63. The lowest BCUT2D eigenvalue weighted by atomic mass is 10.2. The molecule has 0 unspecified atom stereocenters. The van der Waals surface area contributed by atoms with Crippen LogP contribution in [0, 0.1) is 0 Å². The SMILES string of the molecule is Clc1cccc(-c2noc(CCCN3CCOCC3)n2)c1Cl. The smallest absolute Gasteiger partial charge is 0.227 e. The highest BCUT2D eigenvalue weighted by molar-refractivity contribution is 6.43. The Morgan fingerprint density at radius 2 is 2.00 bits per heavy atom. The maximum atomic E-state index is 6.17. The monoisotopic (exact) mass is 341 g/mol. The van der Waals surface area contributed by atoms with E-state index in [1.807, 2.05) is 12.1 Å². The topological polar surface area (TPSA) is 51.4 Å². The molecule has 1 fully saturated rings. The summed E-state index contributed by atoms with van der Waals surface area (Å²) in [7, 11) is 0. The van der Waals surface area contributed by atoms with Gasteiger partial charge in [-0.1, -0.05) is 34.4 Å². The predicted molar refractivity (Wildman–Crippen MR) is 85.3 cm³/mol. The lowest BCUT2D eigenvalue weighted by molar-refractivity contribution is 0.0372. The first kappa shape index (κ1) is 15.7. The zero-order valence-corrected chi connectivity index (χ0v) is 13.6. The van der Waals surface area contributed by atoms with Crippen LogP contribution in [0.1, 0.15) is 12.3 Å². The summed E-state index contributed by atoms with van der Waals surface area (Å²) >= 11 is 12.2. The normalized spacial score (nSPS) is 16.1. The van der Waals surface area contributed by atoms with E-state index in [1.54, 1.807) is 6.07 Å². The number of morpholine rings is 1. The van der Waals surface area contributed by atoms with Crippen LogP contribution < -0.4 is 0 Å². The van der Waals surface area contributed by atoms with Crippen LogP contribution in [0.2, 0.25) is 10.0 Å². The Bertz CT molecular complexity index is 627. The van der Waals surface area contributed by atoms with Crippen LogP contribution in [-0.4, -0.2) is 47.9 Å². The number of rotatable bonds is 5. The van der Waals surface area contributed by atoms with E-state index in [-0.39, 0.29) is 0 Å². The molecule has 22 heavy (non-hydrogen) atoms. The van der Waals surface area contributed by atoms with E-state index in [4.69, 9.17) is 32.5 Å². The predicted octanol–water partition coefficient (Wildman–Crippen LogP) is 3.31. The summed E-state index contributed by atoms with van der Waals surface area (Å²) in [6, 6.07) is 5.38. The van der Waals surface area contributed by atoms with Crippen molar-refractivity contribution < 1.29 is 9.26 Å². The van der Waals surface area contributed by atoms with Crippen molar-refractivity contribution in [3.05, 3.63) is 34.1 Å². The van der Waals surface area contributed by atoms with E-state index < -0.39 is 0 Å². The molecule has 0 aliphatic carbocycles. The van der Waals surface area contributed by atoms with Crippen molar-refractivity contribution in [2.24, 2.45) is 0 Å². The fourth-order valence-corrected chi connectivity index (χ4v) is 2.81. The highest BCUT2D eigenvalue weighted by Crippen LogP contribution is 2.31. The molecule has 0 N–H and O–H groups in total. The summed E-state index contributed by atoms with van der Waals surface area (Å²) in [6.07, 6.45) is 1.73. The summed E-state index contributed by atoms with van der Waals surface area (Å²) < 4.78 is 10.6. The van der Waals surface area contributed by atoms with Crippen molar-refractivity contribution in [2.45, 2.75) is 12.8 Å². The first-order chi connectivity index (χ1) is 10.7. The van der Waals surface area contributed by atoms with Gasteiger partial charge in [0.25, 0.3) is 0 Å². The Kier molecular flexibility index (Phi) is 5.31. The molecular formula is C15H17Cl2N3O2. The maximum absolute atomic E-state index is 6.17. The first-order valence-corrected chi connectivity index (χ1v) is 8.07. The molecule has 7 heteroatoms. The third kappa shape index (κ3) is 3.79. The summed E-state index contributed by atoms with van der Waals surface area (Å²) in [5.74, 6) is 1.10. The Morgan fingerprint density at radius 3 is 2.82 bits per heavy atom. The molecule has 1 aliphatic heterocycles. The zero-order valence-electron chi connectivity index (χ0n) is 12.1. The van der Waals surface area contributed by atoms with E-state index in [0.29, 0.717) is 27.3 Å². The molecule has 0 bridgehead atoms. The highest BCUT2D eigenvalue weighted by Gasteiger charge is 2.14. The Morgan fingerprint density at radius 1 is 1.18 bits per heavy atom. The molecule has 2 heterocycles. The highest BCUT2D eigenvalue weighted by atomic mass is 35.5. The minimum atomic E-state index is 0.449. The van der Waals surface area contributed by atoms with E-state index in [9.17, 15) is 0 Å². The van der Waals surface area contributed by atoms with Crippen LogP contribution in [0.25, 0.3) is 11.4 Å². The molecular weight excluding hydrogens is 325 g/mol. The van der Waals surface area contributed by atoms with Gasteiger partial charge in [0.05, 0.1) is 23.3 Å². The quantitative estimate of drug-likeness (QED) is 0.834. The number of hydrogen-bond donors (Lipinski definition) is 0. The standard InChI is InChI=1S/C15H17Cl2N3O2/c16-12-4-1-3-11(14(12)17)15-18-13(22-19-15)5-2-6-20-7-9-21-10-8-20/h1,3-4H,2,5-10H2. The molecule has 1 aromatic carbocycles. The summed E-state index contributed by atoms with van der Waals surface area (Å²) in [5.41, 5.74) is 0.692. The van der Waals surface area contributed by atoms with Crippen LogP contribution >= 0.6 is 23.2 Å². The van der Waals surface area contributed by atoms with E-state index in [1.165, 1.54) is 0 Å². The number of benzene rings is 1. The fraction of sp³-hybridized carbons (Fsp3) is 0.467. The molecule has 118 valence electrons. The Hall–Kier alpha value is -1.14. The second kappa shape index (κ2) is 7.42. The molecule has 0 spiro atoms. The largest absolute Gasteiger partial charge is 0.379 e. The second-order valence-electron chi connectivity index (χ2n) is 5.17. The van der Waals surface area contributed by atoms with Gasteiger partial charge >= 0.3 is 0 Å². The van der Waals surface area contributed by atoms with Crippen LogP contribution in [-0.2, 0) is 11.2 Å². The minimum Gasteiger partial charge on any atom is -0.379 e. The molecule has 2 aromatic rings. The van der Waals surface area contributed by atoms with Crippen molar-refractivity contribution in [3.63, 3.8) is 0 Å². The van der Waals surface area contributed by atoms with Gasteiger partial charge in [0.15, 0.2) is 0 Å². The summed E-state index contributed by atoms with van der Waals surface area (Å²) in [4.78, 5) is 6.78. The molecule has 1 saturated heterocycles. The van der Waals surface area contributed by atoms with Crippen LogP contribution in [0.3, 0.4) is 0 Å². The second-order valence-corrected chi connectivity index (χ2v) is 5.96. The van der Waals surface area contributed by atoms with Gasteiger partial charge < -0.3 is 9.26 Å².